The minimum Gasteiger partial charge on any atom is -0.496 e. The number of anilines is 1. The number of rotatable bonds is 4. The molecule has 0 saturated carbocycles. The smallest absolute Gasteiger partial charge is 0.257 e. The minimum atomic E-state index is -0.218. The molecule has 1 amide bonds. The van der Waals surface area contributed by atoms with Crippen molar-refractivity contribution in [2.75, 3.05) is 12.4 Å². The van der Waals surface area contributed by atoms with Crippen molar-refractivity contribution < 1.29 is 9.53 Å². The lowest BCUT2D eigenvalue weighted by molar-refractivity contribution is 0.102. The maximum absolute atomic E-state index is 12.3. The van der Waals surface area contributed by atoms with E-state index in [1.54, 1.807) is 23.8 Å². The number of carbonyl (C=O) groups excluding carboxylic acids is 1. The summed E-state index contributed by atoms with van der Waals surface area (Å²) in [4.78, 5) is 12.8. The van der Waals surface area contributed by atoms with Crippen molar-refractivity contribution in [3.63, 3.8) is 0 Å². The van der Waals surface area contributed by atoms with Crippen molar-refractivity contribution in [3.8, 4) is 17.1 Å². The molecule has 2 aromatic heterocycles. The highest BCUT2D eigenvalue weighted by Crippen LogP contribution is 2.30. The minimum absolute atomic E-state index is 0.218. The number of hydrogen-bond acceptors (Lipinski definition) is 6. The third kappa shape index (κ3) is 2.83. The summed E-state index contributed by atoms with van der Waals surface area (Å²) in [6, 6.07) is 16.5. The topological polar surface area (TPSA) is 81.4 Å². The number of aromatic nitrogens is 4. The Morgan fingerprint density at radius 2 is 1.84 bits per heavy atom. The SMILES string of the molecule is COc1ccccc1-c1nnc2sc(NC(=O)c3ccccc3)nn12. The van der Waals surface area contributed by atoms with Gasteiger partial charge in [-0.3, -0.25) is 10.1 Å². The zero-order chi connectivity index (χ0) is 17.2. The zero-order valence-electron chi connectivity index (χ0n) is 13.2. The first kappa shape index (κ1) is 15.3. The normalized spacial score (nSPS) is 10.8. The lowest BCUT2D eigenvalue weighted by atomic mass is 10.2. The van der Waals surface area contributed by atoms with Gasteiger partial charge in [0.15, 0.2) is 5.82 Å². The molecule has 4 rings (SSSR count). The van der Waals surface area contributed by atoms with E-state index < -0.39 is 0 Å². The summed E-state index contributed by atoms with van der Waals surface area (Å²) >= 11 is 1.25. The maximum Gasteiger partial charge on any atom is 0.257 e. The van der Waals surface area contributed by atoms with E-state index in [4.69, 9.17) is 4.74 Å². The number of ether oxygens (including phenoxy) is 1. The number of benzene rings is 2. The van der Waals surface area contributed by atoms with Gasteiger partial charge in [-0.2, -0.15) is 4.52 Å². The fourth-order valence-corrected chi connectivity index (χ4v) is 3.16. The van der Waals surface area contributed by atoms with Gasteiger partial charge in [0.05, 0.1) is 12.7 Å². The number of para-hydroxylation sites is 1. The first-order chi connectivity index (χ1) is 12.3. The molecule has 0 radical (unpaired) electrons. The number of nitrogens with one attached hydrogen (secondary N) is 1. The van der Waals surface area contributed by atoms with E-state index in [-0.39, 0.29) is 5.91 Å². The fraction of sp³-hybridized carbons (Fsp3) is 0.0588. The third-order valence-corrected chi connectivity index (χ3v) is 4.41. The van der Waals surface area contributed by atoms with E-state index in [1.165, 1.54) is 11.3 Å². The zero-order valence-corrected chi connectivity index (χ0v) is 14.0. The standard InChI is InChI=1S/C17H13N5O2S/c1-24-13-10-6-5-9-12(13)14-19-20-17-22(14)21-16(25-17)18-15(23)11-7-3-2-4-8-11/h2-10H,1H3,(H,18,21,23). The van der Waals surface area contributed by atoms with E-state index in [9.17, 15) is 4.79 Å². The Bertz CT molecular complexity index is 1040. The molecule has 0 atom stereocenters. The van der Waals surface area contributed by atoms with Crippen LogP contribution in [-0.4, -0.2) is 32.8 Å². The van der Waals surface area contributed by atoms with Crippen molar-refractivity contribution in [1.82, 2.24) is 19.8 Å². The Labute approximate surface area is 146 Å². The molecule has 7 nitrogen and oxygen atoms in total. The number of nitrogens with zero attached hydrogens (tertiary/aromatic N) is 4. The molecule has 25 heavy (non-hydrogen) atoms. The van der Waals surface area contributed by atoms with Gasteiger partial charge in [0, 0.05) is 5.56 Å². The molecule has 0 aliphatic rings. The van der Waals surface area contributed by atoms with Crippen molar-refractivity contribution in [2.24, 2.45) is 0 Å². The molecule has 2 heterocycles. The molecule has 1 N–H and O–H groups in total. The lowest BCUT2D eigenvalue weighted by Gasteiger charge is -2.05. The molecule has 0 fully saturated rings. The molecule has 0 aliphatic heterocycles. The van der Waals surface area contributed by atoms with Crippen LogP contribution in [0.3, 0.4) is 0 Å². The summed E-state index contributed by atoms with van der Waals surface area (Å²) < 4.78 is 6.97. The summed E-state index contributed by atoms with van der Waals surface area (Å²) in [5.74, 6) is 1.02. The second-order valence-electron chi connectivity index (χ2n) is 5.15. The highest BCUT2D eigenvalue weighted by Gasteiger charge is 2.17. The fourth-order valence-electron chi connectivity index (χ4n) is 2.42. The average Bonchev–Trinajstić information content (AvgIpc) is 3.22. The highest BCUT2D eigenvalue weighted by atomic mass is 32.1. The predicted molar refractivity (Wildman–Crippen MR) is 95.0 cm³/mol. The van der Waals surface area contributed by atoms with Gasteiger partial charge in [0.2, 0.25) is 10.1 Å². The van der Waals surface area contributed by atoms with E-state index in [2.05, 4.69) is 20.6 Å². The van der Waals surface area contributed by atoms with Gasteiger partial charge in [-0.05, 0) is 24.3 Å². The summed E-state index contributed by atoms with van der Waals surface area (Å²) in [5, 5.41) is 16.0. The van der Waals surface area contributed by atoms with Gasteiger partial charge in [0.1, 0.15) is 5.75 Å². The Balaban J connectivity index is 1.68. The monoisotopic (exact) mass is 351 g/mol. The maximum atomic E-state index is 12.3. The molecule has 0 aliphatic carbocycles. The predicted octanol–water partition coefficient (Wildman–Crippen LogP) is 3.11. The number of amides is 1. The molecule has 0 bridgehead atoms. The van der Waals surface area contributed by atoms with E-state index in [0.717, 1.165) is 5.56 Å². The molecule has 8 heteroatoms. The Kier molecular flexibility index (Phi) is 3.87. The van der Waals surface area contributed by atoms with Crippen molar-refractivity contribution in [1.29, 1.82) is 0 Å². The van der Waals surface area contributed by atoms with Crippen LogP contribution in [0.25, 0.3) is 16.3 Å². The van der Waals surface area contributed by atoms with Crippen molar-refractivity contribution >= 4 is 27.3 Å². The molecule has 4 aromatic rings. The molecule has 124 valence electrons. The second-order valence-corrected chi connectivity index (χ2v) is 6.10. The molecule has 0 spiro atoms. The highest BCUT2D eigenvalue weighted by molar-refractivity contribution is 7.20. The van der Waals surface area contributed by atoms with Crippen LogP contribution < -0.4 is 10.1 Å². The van der Waals surface area contributed by atoms with Crippen LogP contribution in [0.15, 0.2) is 54.6 Å². The van der Waals surface area contributed by atoms with Gasteiger partial charge in [-0.1, -0.05) is 41.7 Å². The third-order valence-electron chi connectivity index (χ3n) is 3.60. The second kappa shape index (κ2) is 6.33. The van der Waals surface area contributed by atoms with Crippen LogP contribution in [0.2, 0.25) is 0 Å². The van der Waals surface area contributed by atoms with Gasteiger partial charge >= 0.3 is 0 Å². The summed E-state index contributed by atoms with van der Waals surface area (Å²) in [7, 11) is 1.60. The average molecular weight is 351 g/mol. The summed E-state index contributed by atoms with van der Waals surface area (Å²) in [6.07, 6.45) is 0. The van der Waals surface area contributed by atoms with Gasteiger partial charge < -0.3 is 4.74 Å². The molecule has 0 saturated heterocycles. The largest absolute Gasteiger partial charge is 0.496 e. The first-order valence-corrected chi connectivity index (χ1v) is 8.30. The lowest BCUT2D eigenvalue weighted by Crippen LogP contribution is -2.11. The van der Waals surface area contributed by atoms with Crippen LogP contribution in [-0.2, 0) is 0 Å². The van der Waals surface area contributed by atoms with Crippen LogP contribution in [0.5, 0.6) is 5.75 Å². The van der Waals surface area contributed by atoms with Crippen LogP contribution in [0, 0.1) is 0 Å². The van der Waals surface area contributed by atoms with Gasteiger partial charge in [0.25, 0.3) is 5.91 Å². The van der Waals surface area contributed by atoms with Crippen LogP contribution in [0.1, 0.15) is 10.4 Å². The molecule has 0 unspecified atom stereocenters. The Morgan fingerprint density at radius 1 is 1.08 bits per heavy atom. The van der Waals surface area contributed by atoms with E-state index in [0.29, 0.717) is 27.2 Å². The van der Waals surface area contributed by atoms with E-state index >= 15 is 0 Å². The Morgan fingerprint density at radius 3 is 2.64 bits per heavy atom. The van der Waals surface area contributed by atoms with Crippen molar-refractivity contribution in [3.05, 3.63) is 60.2 Å². The number of hydrogen-bond donors (Lipinski definition) is 1. The quantitative estimate of drug-likeness (QED) is 0.611. The number of carbonyl (C=O) groups is 1. The van der Waals surface area contributed by atoms with Gasteiger partial charge in [-0.15, -0.1) is 15.3 Å². The van der Waals surface area contributed by atoms with E-state index in [1.807, 2.05) is 42.5 Å². The van der Waals surface area contributed by atoms with Crippen LogP contribution >= 0.6 is 11.3 Å². The number of fused-ring (bicyclic) bond motifs is 1. The molecular weight excluding hydrogens is 338 g/mol. The summed E-state index contributed by atoms with van der Waals surface area (Å²) in [6.45, 7) is 0. The first-order valence-electron chi connectivity index (χ1n) is 7.48. The Hall–Kier alpha value is -3.26. The van der Waals surface area contributed by atoms with Gasteiger partial charge in [-0.25, -0.2) is 0 Å². The molecular formula is C17H13N5O2S. The molecule has 2 aromatic carbocycles. The van der Waals surface area contributed by atoms with Crippen LogP contribution in [0.4, 0.5) is 5.13 Å². The van der Waals surface area contributed by atoms with Crippen molar-refractivity contribution in [2.45, 2.75) is 0 Å². The number of methoxy groups -OCH3 is 1. The summed E-state index contributed by atoms with van der Waals surface area (Å²) in [5.41, 5.74) is 1.35.